The molecule has 0 aliphatic heterocycles. The zero-order valence-electron chi connectivity index (χ0n) is 29.5. The molecule has 5 heteroatoms. The number of benzene rings is 4. The number of halogens is 3. The van der Waals surface area contributed by atoms with Gasteiger partial charge in [-0.1, -0.05) is 92.7 Å². The minimum Gasteiger partial charge on any atom is -0.455 e. The smallest absolute Gasteiger partial charge is 0.418 e. The Labute approximate surface area is 262 Å². The maximum Gasteiger partial charge on any atom is 0.418 e. The summed E-state index contributed by atoms with van der Waals surface area (Å²) in [6, 6.07) is 24.4. The highest BCUT2D eigenvalue weighted by Gasteiger charge is 2.35. The number of hydrogen-bond acceptors (Lipinski definition) is 2. The number of hydrogen-bond donors (Lipinski definition) is 0. The first-order valence-electron chi connectivity index (χ1n) is 17.3. The lowest BCUT2D eigenvalue weighted by atomic mass is 9.71. The van der Waals surface area contributed by atoms with Gasteiger partial charge >= 0.3 is 6.18 Å². The van der Waals surface area contributed by atoms with E-state index in [4.69, 9.17) is 9.90 Å². The van der Waals surface area contributed by atoms with Crippen LogP contribution in [0.25, 0.3) is 55.4 Å². The molecule has 0 spiro atoms. The van der Waals surface area contributed by atoms with Crippen molar-refractivity contribution < 1.29 is 24.4 Å². The van der Waals surface area contributed by atoms with Gasteiger partial charge in [0.2, 0.25) is 0 Å². The van der Waals surface area contributed by atoms with Gasteiger partial charge in [0, 0.05) is 33.6 Å². The van der Waals surface area contributed by atoms with Crippen molar-refractivity contribution in [2.24, 2.45) is 5.41 Å². The molecule has 222 valence electrons. The second kappa shape index (κ2) is 10.7. The van der Waals surface area contributed by atoms with Crippen LogP contribution in [0.1, 0.15) is 69.0 Å². The minimum absolute atomic E-state index is 0.0298. The van der Waals surface area contributed by atoms with E-state index >= 15 is 0 Å². The number of aryl methyl sites for hydroxylation is 1. The van der Waals surface area contributed by atoms with Crippen molar-refractivity contribution in [2.45, 2.75) is 58.5 Å². The van der Waals surface area contributed by atoms with E-state index in [1.54, 1.807) is 12.1 Å². The molecule has 44 heavy (non-hydrogen) atoms. The number of aromatic nitrogens is 1. The Balaban J connectivity index is 1.44. The maximum atomic E-state index is 14.6. The minimum atomic E-state index is -4.89. The third-order valence-corrected chi connectivity index (χ3v) is 8.92. The molecular formula is C39H34F3NO. The van der Waals surface area contributed by atoms with Crippen molar-refractivity contribution in [3.63, 3.8) is 0 Å². The number of fused-ring (bicyclic) bond motifs is 3. The third-order valence-electron chi connectivity index (χ3n) is 8.92. The summed E-state index contributed by atoms with van der Waals surface area (Å²) in [7, 11) is 0. The summed E-state index contributed by atoms with van der Waals surface area (Å²) in [5.74, 6) is -1.14. The van der Waals surface area contributed by atoms with E-state index in [1.807, 2.05) is 54.6 Å². The molecule has 2 nitrogen and oxygen atoms in total. The van der Waals surface area contributed by atoms with Crippen LogP contribution in [0.3, 0.4) is 0 Å². The number of alkyl halides is 3. The van der Waals surface area contributed by atoms with E-state index in [9.17, 15) is 14.5 Å². The van der Waals surface area contributed by atoms with Crippen LogP contribution in [-0.2, 0) is 6.18 Å². The van der Waals surface area contributed by atoms with Crippen LogP contribution in [-0.4, -0.2) is 4.98 Å². The fourth-order valence-electron chi connectivity index (χ4n) is 6.34. The van der Waals surface area contributed by atoms with Crippen molar-refractivity contribution in [3.05, 3.63) is 114 Å². The lowest BCUT2D eigenvalue weighted by Gasteiger charge is -2.34. The highest BCUT2D eigenvalue weighted by Crippen LogP contribution is 2.45. The normalized spacial score (nSPS) is 18.3. The summed E-state index contributed by atoms with van der Waals surface area (Å²) in [5, 5.41) is 1.58. The Kier molecular flexibility index (Phi) is 5.59. The fourth-order valence-corrected chi connectivity index (χ4v) is 6.34. The van der Waals surface area contributed by atoms with E-state index in [-0.39, 0.29) is 28.3 Å². The second-order valence-electron chi connectivity index (χ2n) is 12.4. The molecule has 0 saturated heterocycles. The average Bonchev–Trinajstić information content (AvgIpc) is 3.44. The van der Waals surface area contributed by atoms with Gasteiger partial charge in [0.25, 0.3) is 0 Å². The monoisotopic (exact) mass is 594 g/mol. The molecule has 6 aromatic rings. The highest BCUT2D eigenvalue weighted by molar-refractivity contribution is 6.12. The lowest BCUT2D eigenvalue weighted by Crippen LogP contribution is -2.20. The average molecular weight is 595 g/mol. The maximum absolute atomic E-state index is 14.6. The Bertz CT molecular complexity index is 2210. The first-order chi connectivity index (χ1) is 23.1. The molecule has 7 rings (SSSR count). The van der Waals surface area contributed by atoms with Gasteiger partial charge in [0.1, 0.15) is 11.2 Å². The Hall–Kier alpha value is -4.38. The van der Waals surface area contributed by atoms with Crippen molar-refractivity contribution in [2.75, 3.05) is 0 Å². The van der Waals surface area contributed by atoms with E-state index in [2.05, 4.69) is 18.8 Å². The number of rotatable bonds is 4. The quantitative estimate of drug-likeness (QED) is 0.203. The molecule has 4 aromatic carbocycles. The van der Waals surface area contributed by atoms with Gasteiger partial charge in [-0.15, -0.1) is 0 Å². The molecule has 0 N–H and O–H groups in total. The van der Waals surface area contributed by atoms with Crippen LogP contribution in [0.4, 0.5) is 13.2 Å². The third kappa shape index (κ3) is 5.08. The number of para-hydroxylation sites is 2. The number of pyridine rings is 1. The van der Waals surface area contributed by atoms with Gasteiger partial charge in [-0.3, -0.25) is 4.98 Å². The van der Waals surface area contributed by atoms with Gasteiger partial charge < -0.3 is 4.42 Å². The van der Waals surface area contributed by atoms with Crippen LogP contribution in [0.2, 0.25) is 0 Å². The van der Waals surface area contributed by atoms with Gasteiger partial charge in [-0.2, -0.15) is 13.2 Å². The summed E-state index contributed by atoms with van der Waals surface area (Å²) >= 11 is 0. The van der Waals surface area contributed by atoms with Crippen LogP contribution in [0.5, 0.6) is 0 Å². The fraction of sp³-hybridized carbons (Fsp3) is 0.256. The molecule has 1 fully saturated rings. The van der Waals surface area contributed by atoms with E-state index in [0.717, 1.165) is 34.7 Å². The highest BCUT2D eigenvalue weighted by atomic mass is 19.4. The van der Waals surface area contributed by atoms with Crippen molar-refractivity contribution in [3.8, 4) is 33.5 Å². The van der Waals surface area contributed by atoms with Crippen LogP contribution >= 0.6 is 0 Å². The van der Waals surface area contributed by atoms with Crippen LogP contribution in [0.15, 0.2) is 102 Å². The second-order valence-corrected chi connectivity index (χ2v) is 12.4. The van der Waals surface area contributed by atoms with E-state index in [1.165, 1.54) is 18.2 Å². The molecule has 0 radical (unpaired) electrons. The molecule has 0 bridgehead atoms. The van der Waals surface area contributed by atoms with Crippen molar-refractivity contribution in [1.29, 1.82) is 0 Å². The first-order valence-corrected chi connectivity index (χ1v) is 14.8. The SMILES string of the molecule is [2H]c1cc(C2([2H])CCC(C)(C)CC2)cc(C([2H])([2H])[2H])c1-c1cc(-c2cccc3c2oc2c(-c4ccccc4)cccc23)ncc1C(F)(F)F. The van der Waals surface area contributed by atoms with Gasteiger partial charge in [-0.25, -0.2) is 0 Å². The molecule has 2 aromatic heterocycles. The Morgan fingerprint density at radius 3 is 2.20 bits per heavy atom. The summed E-state index contributed by atoms with van der Waals surface area (Å²) in [5.41, 5.74) is 1.44. The molecular weight excluding hydrogens is 555 g/mol. The van der Waals surface area contributed by atoms with Gasteiger partial charge in [-0.05, 0) is 83.8 Å². The molecule has 1 aliphatic rings. The standard InChI is InChI=1S/C39H34F3NO/c1-24-21-27(25-17-19-38(2,3)20-18-25)15-16-28(24)33-22-35(43-23-34(33)39(40,41)42)32-14-8-13-31-30-12-7-11-29(36(30)44-37(31)32)26-9-5-4-6-10-26/h4-16,21-23,25H,17-20H2,1-3H3/i1D3,16D,25D. The summed E-state index contributed by atoms with van der Waals surface area (Å²) in [6.07, 6.45) is -1.80. The summed E-state index contributed by atoms with van der Waals surface area (Å²) in [4.78, 5) is 4.23. The largest absolute Gasteiger partial charge is 0.455 e. The summed E-state index contributed by atoms with van der Waals surface area (Å²) in [6.45, 7) is 1.38. The zero-order chi connectivity index (χ0) is 34.9. The van der Waals surface area contributed by atoms with Crippen LogP contribution in [0, 0.1) is 12.3 Å². The lowest BCUT2D eigenvalue weighted by molar-refractivity contribution is -0.137. The zero-order valence-corrected chi connectivity index (χ0v) is 24.5. The van der Waals surface area contributed by atoms with Gasteiger partial charge in [0.15, 0.2) is 0 Å². The Morgan fingerprint density at radius 2 is 1.52 bits per heavy atom. The number of furan rings is 1. The van der Waals surface area contributed by atoms with E-state index < -0.39 is 30.0 Å². The first kappa shape index (κ1) is 23.1. The van der Waals surface area contributed by atoms with E-state index in [0.29, 0.717) is 41.3 Å². The molecule has 0 amide bonds. The van der Waals surface area contributed by atoms with Crippen LogP contribution < -0.4 is 0 Å². The molecule has 0 unspecified atom stereocenters. The van der Waals surface area contributed by atoms with Gasteiger partial charge in [0.05, 0.1) is 12.6 Å². The predicted molar refractivity (Wildman–Crippen MR) is 173 cm³/mol. The Morgan fingerprint density at radius 1 is 0.841 bits per heavy atom. The molecule has 0 atom stereocenters. The molecule has 2 heterocycles. The molecule has 1 saturated carbocycles. The predicted octanol–water partition coefficient (Wildman–Crippen LogP) is 12.0. The molecule has 1 aliphatic carbocycles. The number of nitrogens with zero attached hydrogens (tertiary/aromatic N) is 1. The van der Waals surface area contributed by atoms with Crippen molar-refractivity contribution >= 4 is 21.9 Å². The van der Waals surface area contributed by atoms with Crippen molar-refractivity contribution in [1.82, 2.24) is 4.98 Å². The summed E-state index contributed by atoms with van der Waals surface area (Å²) < 4.78 is 93.7. The topological polar surface area (TPSA) is 26.0 Å².